The Balaban J connectivity index is 1.56. The van der Waals surface area contributed by atoms with E-state index in [4.69, 9.17) is 4.74 Å². The summed E-state index contributed by atoms with van der Waals surface area (Å²) in [4.78, 5) is 0. The Hall–Kier alpha value is -1.02. The minimum Gasteiger partial charge on any atom is -0.497 e. The van der Waals surface area contributed by atoms with Gasteiger partial charge in [-0.05, 0) is 42.4 Å². The molecule has 17 heavy (non-hydrogen) atoms. The molecule has 1 N–H and O–H groups in total. The minimum atomic E-state index is 0.764. The molecule has 0 spiro atoms. The van der Waals surface area contributed by atoms with E-state index in [1.165, 1.54) is 31.2 Å². The summed E-state index contributed by atoms with van der Waals surface area (Å²) in [6.45, 7) is 0.977. The summed E-state index contributed by atoms with van der Waals surface area (Å²) < 4.78 is 5.25. The number of ether oxygens (including phenoxy) is 1. The summed E-state index contributed by atoms with van der Waals surface area (Å²) in [7, 11) is 1.72. The molecule has 0 bridgehead atoms. The number of hydrogen-bond acceptors (Lipinski definition) is 2. The molecule has 3 atom stereocenters. The van der Waals surface area contributed by atoms with Crippen LogP contribution < -0.4 is 10.1 Å². The third kappa shape index (κ3) is 2.47. The van der Waals surface area contributed by atoms with Gasteiger partial charge in [-0.25, -0.2) is 0 Å². The molecular formula is C15H21NO. The van der Waals surface area contributed by atoms with Crippen molar-refractivity contribution < 1.29 is 4.74 Å². The van der Waals surface area contributed by atoms with Gasteiger partial charge in [-0.15, -0.1) is 0 Å². The highest BCUT2D eigenvalue weighted by molar-refractivity contribution is 5.28. The standard InChI is InChI=1S/C15H21NO/c1-17-13-6-2-4-11(8-13)10-16-15-7-3-5-12-9-14(12)15/h2,4,6,8,12,14-16H,3,5,7,9-10H2,1H3/t12-,14+,15?/m0/s1. The van der Waals surface area contributed by atoms with E-state index in [0.717, 1.165) is 30.2 Å². The number of nitrogens with one attached hydrogen (secondary N) is 1. The number of benzene rings is 1. The third-order valence-corrected chi connectivity index (χ3v) is 4.29. The fraction of sp³-hybridized carbons (Fsp3) is 0.600. The van der Waals surface area contributed by atoms with Gasteiger partial charge in [0.15, 0.2) is 0 Å². The van der Waals surface area contributed by atoms with Gasteiger partial charge in [0.05, 0.1) is 7.11 Å². The van der Waals surface area contributed by atoms with Gasteiger partial charge in [-0.3, -0.25) is 0 Å². The molecule has 0 aromatic heterocycles. The van der Waals surface area contributed by atoms with E-state index < -0.39 is 0 Å². The Kier molecular flexibility index (Phi) is 3.06. The molecule has 0 amide bonds. The molecule has 2 aliphatic carbocycles. The molecule has 1 aromatic rings. The first-order chi connectivity index (χ1) is 8.36. The van der Waals surface area contributed by atoms with Crippen molar-refractivity contribution in [3.05, 3.63) is 29.8 Å². The quantitative estimate of drug-likeness (QED) is 0.860. The molecule has 2 aliphatic rings. The highest BCUT2D eigenvalue weighted by atomic mass is 16.5. The van der Waals surface area contributed by atoms with Crippen LogP contribution in [0.3, 0.4) is 0 Å². The molecular weight excluding hydrogens is 210 g/mol. The molecule has 0 saturated heterocycles. The first-order valence-electron chi connectivity index (χ1n) is 6.73. The number of rotatable bonds is 4. The molecule has 1 unspecified atom stereocenters. The molecule has 2 fully saturated rings. The first kappa shape index (κ1) is 11.1. The number of hydrogen-bond donors (Lipinski definition) is 1. The largest absolute Gasteiger partial charge is 0.497 e. The Morgan fingerprint density at radius 3 is 3.18 bits per heavy atom. The molecule has 3 rings (SSSR count). The summed E-state index contributed by atoms with van der Waals surface area (Å²) >= 11 is 0. The predicted molar refractivity (Wildman–Crippen MR) is 69.1 cm³/mol. The third-order valence-electron chi connectivity index (χ3n) is 4.29. The Labute approximate surface area is 103 Å². The lowest BCUT2D eigenvalue weighted by Gasteiger charge is -2.22. The van der Waals surface area contributed by atoms with E-state index in [9.17, 15) is 0 Å². The zero-order valence-electron chi connectivity index (χ0n) is 10.5. The van der Waals surface area contributed by atoms with Crippen LogP contribution in [0.25, 0.3) is 0 Å². The SMILES string of the molecule is COc1cccc(CNC2CCC[C@H]3C[C@@H]23)c1. The lowest BCUT2D eigenvalue weighted by molar-refractivity contribution is 0.352. The van der Waals surface area contributed by atoms with E-state index in [2.05, 4.69) is 23.5 Å². The summed E-state index contributed by atoms with van der Waals surface area (Å²) in [6.07, 6.45) is 5.72. The second kappa shape index (κ2) is 4.69. The van der Waals surface area contributed by atoms with E-state index in [-0.39, 0.29) is 0 Å². The molecule has 2 nitrogen and oxygen atoms in total. The summed E-state index contributed by atoms with van der Waals surface area (Å²) in [5, 5.41) is 3.73. The summed E-state index contributed by atoms with van der Waals surface area (Å²) in [6, 6.07) is 9.13. The summed E-state index contributed by atoms with van der Waals surface area (Å²) in [5.41, 5.74) is 1.33. The van der Waals surface area contributed by atoms with Crippen LogP contribution in [0.5, 0.6) is 5.75 Å². The minimum absolute atomic E-state index is 0.764. The zero-order valence-corrected chi connectivity index (χ0v) is 10.5. The van der Waals surface area contributed by atoms with Crippen molar-refractivity contribution in [2.45, 2.75) is 38.3 Å². The van der Waals surface area contributed by atoms with Crippen LogP contribution in [0.15, 0.2) is 24.3 Å². The smallest absolute Gasteiger partial charge is 0.119 e. The van der Waals surface area contributed by atoms with Crippen molar-refractivity contribution in [1.29, 1.82) is 0 Å². The molecule has 0 radical (unpaired) electrons. The normalized spacial score (nSPS) is 30.8. The van der Waals surface area contributed by atoms with Crippen LogP contribution in [0.4, 0.5) is 0 Å². The van der Waals surface area contributed by atoms with Gasteiger partial charge in [-0.1, -0.05) is 25.0 Å². The number of fused-ring (bicyclic) bond motifs is 1. The Morgan fingerprint density at radius 2 is 2.29 bits per heavy atom. The van der Waals surface area contributed by atoms with Gasteiger partial charge in [0, 0.05) is 12.6 Å². The van der Waals surface area contributed by atoms with Gasteiger partial charge in [-0.2, -0.15) is 0 Å². The lowest BCUT2D eigenvalue weighted by atomic mass is 9.95. The van der Waals surface area contributed by atoms with Crippen molar-refractivity contribution in [3.8, 4) is 5.75 Å². The Bertz CT molecular complexity index is 390. The average molecular weight is 231 g/mol. The van der Waals surface area contributed by atoms with E-state index in [0.29, 0.717) is 0 Å². The van der Waals surface area contributed by atoms with E-state index >= 15 is 0 Å². The highest BCUT2D eigenvalue weighted by Crippen LogP contribution is 2.49. The van der Waals surface area contributed by atoms with Crippen molar-refractivity contribution in [2.24, 2.45) is 11.8 Å². The van der Waals surface area contributed by atoms with Crippen molar-refractivity contribution in [2.75, 3.05) is 7.11 Å². The van der Waals surface area contributed by atoms with Gasteiger partial charge in [0.25, 0.3) is 0 Å². The van der Waals surface area contributed by atoms with Gasteiger partial charge in [0.2, 0.25) is 0 Å². The topological polar surface area (TPSA) is 21.3 Å². The van der Waals surface area contributed by atoms with E-state index in [1.54, 1.807) is 7.11 Å². The van der Waals surface area contributed by atoms with Crippen LogP contribution in [0, 0.1) is 11.8 Å². The summed E-state index contributed by atoms with van der Waals surface area (Å²) in [5.74, 6) is 2.98. The maximum Gasteiger partial charge on any atom is 0.119 e. The monoisotopic (exact) mass is 231 g/mol. The molecule has 1 aromatic carbocycles. The van der Waals surface area contributed by atoms with Crippen LogP contribution in [-0.2, 0) is 6.54 Å². The second-order valence-electron chi connectivity index (χ2n) is 5.43. The maximum atomic E-state index is 5.25. The van der Waals surface area contributed by atoms with Crippen LogP contribution >= 0.6 is 0 Å². The van der Waals surface area contributed by atoms with Crippen molar-refractivity contribution >= 4 is 0 Å². The fourth-order valence-corrected chi connectivity index (χ4v) is 3.19. The van der Waals surface area contributed by atoms with Gasteiger partial charge in [0.1, 0.15) is 5.75 Å². The van der Waals surface area contributed by atoms with Crippen LogP contribution in [0.1, 0.15) is 31.2 Å². The molecule has 92 valence electrons. The second-order valence-corrected chi connectivity index (χ2v) is 5.43. The van der Waals surface area contributed by atoms with Gasteiger partial charge < -0.3 is 10.1 Å². The maximum absolute atomic E-state index is 5.25. The number of methoxy groups -OCH3 is 1. The van der Waals surface area contributed by atoms with E-state index in [1.807, 2.05) is 6.07 Å². The average Bonchev–Trinajstić information content (AvgIpc) is 3.16. The van der Waals surface area contributed by atoms with Crippen LogP contribution in [-0.4, -0.2) is 13.2 Å². The van der Waals surface area contributed by atoms with Crippen molar-refractivity contribution in [1.82, 2.24) is 5.32 Å². The van der Waals surface area contributed by atoms with Crippen LogP contribution in [0.2, 0.25) is 0 Å². The van der Waals surface area contributed by atoms with Crippen molar-refractivity contribution in [3.63, 3.8) is 0 Å². The fourth-order valence-electron chi connectivity index (χ4n) is 3.19. The van der Waals surface area contributed by atoms with Gasteiger partial charge >= 0.3 is 0 Å². The first-order valence-corrected chi connectivity index (χ1v) is 6.73. The molecule has 0 heterocycles. The predicted octanol–water partition coefficient (Wildman–Crippen LogP) is 2.97. The Morgan fingerprint density at radius 1 is 1.35 bits per heavy atom. The highest BCUT2D eigenvalue weighted by Gasteiger charge is 2.44. The lowest BCUT2D eigenvalue weighted by Crippen LogP contribution is -2.33. The zero-order chi connectivity index (χ0) is 11.7. The molecule has 2 saturated carbocycles. The molecule has 2 heteroatoms. The molecule has 0 aliphatic heterocycles.